The van der Waals surface area contributed by atoms with Gasteiger partial charge in [0, 0.05) is 75.2 Å². The van der Waals surface area contributed by atoms with Crippen molar-refractivity contribution in [2.45, 2.75) is 46.3 Å². The highest BCUT2D eigenvalue weighted by Gasteiger charge is 2.19. The zero-order valence-electron chi connectivity index (χ0n) is 28.7. The lowest BCUT2D eigenvalue weighted by Crippen LogP contribution is -2.47. The number of hydrogen-bond donors (Lipinski definition) is 3. The van der Waals surface area contributed by atoms with E-state index in [-0.39, 0.29) is 18.1 Å². The zero-order chi connectivity index (χ0) is 34.8. The summed E-state index contributed by atoms with van der Waals surface area (Å²) in [5, 5.41) is 8.77. The normalized spacial score (nSPS) is 13.9. The molecule has 0 bridgehead atoms. The van der Waals surface area contributed by atoms with Crippen molar-refractivity contribution in [1.29, 1.82) is 0 Å². The fraction of sp³-hybridized carbons (Fsp3) is 0.389. The molecule has 3 amide bonds. The van der Waals surface area contributed by atoms with Crippen LogP contribution in [-0.4, -0.2) is 88.1 Å². The molecule has 4 heterocycles. The molecule has 1 fully saturated rings. The van der Waals surface area contributed by atoms with Gasteiger partial charge in [0.25, 0.3) is 5.56 Å². The molecule has 0 aliphatic carbocycles. The molecule has 0 saturated carbocycles. The smallest absolute Gasteiger partial charge is 0.324 e. The van der Waals surface area contributed by atoms with E-state index >= 15 is 0 Å². The van der Waals surface area contributed by atoms with Crippen LogP contribution < -0.4 is 26.4 Å². The maximum Gasteiger partial charge on any atom is 0.324 e. The Morgan fingerprint density at radius 1 is 1.02 bits per heavy atom. The Morgan fingerprint density at radius 2 is 1.84 bits per heavy atom. The van der Waals surface area contributed by atoms with Crippen molar-refractivity contribution in [3.63, 3.8) is 0 Å². The van der Waals surface area contributed by atoms with Crippen LogP contribution in [0.5, 0.6) is 0 Å². The van der Waals surface area contributed by atoms with E-state index in [0.717, 1.165) is 49.7 Å². The average molecular weight is 667 g/mol. The molecule has 5 rings (SSSR count). The fourth-order valence-electron chi connectivity index (χ4n) is 6.07. The number of piperazine rings is 1. The van der Waals surface area contributed by atoms with Gasteiger partial charge in [0.1, 0.15) is 18.0 Å². The minimum absolute atomic E-state index is 0.122. The average Bonchev–Trinajstić information content (AvgIpc) is 3.12. The second-order valence-corrected chi connectivity index (χ2v) is 12.2. The third-order valence-corrected chi connectivity index (χ3v) is 8.95. The number of pyridine rings is 2. The van der Waals surface area contributed by atoms with Crippen LogP contribution in [0.25, 0.3) is 11.3 Å². The Hall–Kier alpha value is -5.14. The lowest BCUT2D eigenvalue weighted by molar-refractivity contribution is -0.108. The van der Waals surface area contributed by atoms with E-state index in [1.54, 1.807) is 23.2 Å². The number of aryl methyl sites for hydroxylation is 1. The minimum atomic E-state index is -0.502. The first-order valence-corrected chi connectivity index (χ1v) is 16.8. The van der Waals surface area contributed by atoms with Crippen LogP contribution in [0.1, 0.15) is 43.0 Å². The Labute approximate surface area is 287 Å². The number of carbonyl (C=O) groups is 2. The van der Waals surface area contributed by atoms with Gasteiger partial charge in [-0.2, -0.15) is 0 Å². The van der Waals surface area contributed by atoms with Crippen molar-refractivity contribution < 1.29 is 9.59 Å². The molecule has 3 N–H and O–H groups in total. The lowest BCUT2D eigenvalue weighted by atomic mass is 9.98. The SMILES string of the molecule is CCCN(Cc1cccn(CCN2CCN(c3ccc(Nc4cc(-c5ccc(C(C)NC)c(C)c5)ncn4)nc3)CC2)c1=O)C(=O)NC=O. The van der Waals surface area contributed by atoms with Crippen molar-refractivity contribution in [3.8, 4) is 11.3 Å². The summed E-state index contributed by atoms with van der Waals surface area (Å²) in [5.74, 6) is 1.38. The van der Waals surface area contributed by atoms with E-state index in [1.807, 2.05) is 38.4 Å². The monoisotopic (exact) mass is 666 g/mol. The van der Waals surface area contributed by atoms with Crippen LogP contribution in [-0.2, 0) is 17.9 Å². The predicted octanol–water partition coefficient (Wildman–Crippen LogP) is 3.93. The summed E-state index contributed by atoms with van der Waals surface area (Å²) < 4.78 is 1.70. The molecule has 258 valence electrons. The number of carbonyl (C=O) groups excluding carboxylic acids is 2. The van der Waals surface area contributed by atoms with E-state index in [0.29, 0.717) is 43.1 Å². The Kier molecular flexibility index (Phi) is 12.1. The van der Waals surface area contributed by atoms with Crippen LogP contribution in [0.2, 0.25) is 0 Å². The molecule has 1 aliphatic rings. The van der Waals surface area contributed by atoms with Crippen LogP contribution in [0.15, 0.2) is 72.0 Å². The first kappa shape index (κ1) is 35.2. The Morgan fingerprint density at radius 3 is 2.53 bits per heavy atom. The summed E-state index contributed by atoms with van der Waals surface area (Å²) in [6.45, 7) is 11.5. The molecule has 1 aromatic carbocycles. The number of nitrogens with zero attached hydrogens (tertiary/aromatic N) is 7. The molecule has 1 aliphatic heterocycles. The quantitative estimate of drug-likeness (QED) is 0.170. The highest BCUT2D eigenvalue weighted by molar-refractivity contribution is 5.84. The van der Waals surface area contributed by atoms with Crippen LogP contribution in [0.4, 0.5) is 22.1 Å². The van der Waals surface area contributed by atoms with Crippen LogP contribution >= 0.6 is 0 Å². The molecule has 0 spiro atoms. The van der Waals surface area contributed by atoms with E-state index < -0.39 is 6.03 Å². The van der Waals surface area contributed by atoms with E-state index in [4.69, 9.17) is 0 Å². The molecule has 4 aromatic rings. The predicted molar refractivity (Wildman–Crippen MR) is 192 cm³/mol. The second-order valence-electron chi connectivity index (χ2n) is 12.2. The number of amides is 3. The summed E-state index contributed by atoms with van der Waals surface area (Å²) in [6, 6.07) is 15.7. The number of imide groups is 1. The van der Waals surface area contributed by atoms with Gasteiger partial charge in [-0.05, 0) is 62.7 Å². The number of nitrogens with one attached hydrogen (secondary N) is 3. The lowest BCUT2D eigenvalue weighted by Gasteiger charge is -2.36. The summed E-state index contributed by atoms with van der Waals surface area (Å²) in [4.78, 5) is 55.8. The van der Waals surface area contributed by atoms with Gasteiger partial charge in [0.05, 0.1) is 24.1 Å². The molecule has 13 heteroatoms. The van der Waals surface area contributed by atoms with Gasteiger partial charge in [0.2, 0.25) is 6.41 Å². The highest BCUT2D eigenvalue weighted by Crippen LogP contribution is 2.26. The number of rotatable bonds is 14. The summed E-state index contributed by atoms with van der Waals surface area (Å²) in [6.07, 6.45) is 6.31. The van der Waals surface area contributed by atoms with Crippen molar-refractivity contribution in [1.82, 2.24) is 40.0 Å². The van der Waals surface area contributed by atoms with E-state index in [2.05, 4.69) is 78.8 Å². The minimum Gasteiger partial charge on any atom is -0.368 e. The van der Waals surface area contributed by atoms with Gasteiger partial charge >= 0.3 is 6.03 Å². The number of benzene rings is 1. The molecule has 0 radical (unpaired) electrons. The molecule has 49 heavy (non-hydrogen) atoms. The van der Waals surface area contributed by atoms with Gasteiger partial charge in [-0.3, -0.25) is 19.8 Å². The first-order valence-electron chi connectivity index (χ1n) is 16.8. The van der Waals surface area contributed by atoms with E-state index in [9.17, 15) is 14.4 Å². The van der Waals surface area contributed by atoms with Crippen molar-refractivity contribution in [2.24, 2.45) is 0 Å². The number of aromatic nitrogens is 4. The first-order chi connectivity index (χ1) is 23.8. The Bertz CT molecular complexity index is 1770. The molecule has 1 unspecified atom stereocenters. The van der Waals surface area contributed by atoms with Gasteiger partial charge in [-0.15, -0.1) is 0 Å². The van der Waals surface area contributed by atoms with Crippen molar-refractivity contribution >= 4 is 29.8 Å². The highest BCUT2D eigenvalue weighted by atomic mass is 16.2. The van der Waals surface area contributed by atoms with Crippen LogP contribution in [0.3, 0.4) is 0 Å². The van der Waals surface area contributed by atoms with Crippen LogP contribution in [0, 0.1) is 6.92 Å². The van der Waals surface area contributed by atoms with Gasteiger partial charge in [-0.25, -0.2) is 19.7 Å². The topological polar surface area (TPSA) is 141 Å². The summed E-state index contributed by atoms with van der Waals surface area (Å²) in [5.41, 5.74) is 5.81. The summed E-state index contributed by atoms with van der Waals surface area (Å²) >= 11 is 0. The number of anilines is 3. The number of urea groups is 1. The summed E-state index contributed by atoms with van der Waals surface area (Å²) in [7, 11) is 1.96. The maximum atomic E-state index is 13.2. The molecular formula is C36H46N10O3. The van der Waals surface area contributed by atoms with Crippen molar-refractivity contribution in [3.05, 3.63) is 94.3 Å². The van der Waals surface area contributed by atoms with Gasteiger partial charge in [0.15, 0.2) is 0 Å². The van der Waals surface area contributed by atoms with Crippen molar-refractivity contribution in [2.75, 3.05) is 56.5 Å². The maximum absolute atomic E-state index is 13.2. The Balaban J connectivity index is 1.12. The third kappa shape index (κ3) is 9.06. The molecular weight excluding hydrogens is 620 g/mol. The molecule has 1 saturated heterocycles. The number of hydrogen-bond acceptors (Lipinski definition) is 10. The van der Waals surface area contributed by atoms with Gasteiger partial charge in [-0.1, -0.05) is 25.1 Å². The van der Waals surface area contributed by atoms with E-state index in [1.165, 1.54) is 16.0 Å². The largest absolute Gasteiger partial charge is 0.368 e. The molecule has 13 nitrogen and oxygen atoms in total. The third-order valence-electron chi connectivity index (χ3n) is 8.95. The fourth-order valence-corrected chi connectivity index (χ4v) is 6.07. The molecule has 3 aromatic heterocycles. The molecule has 1 atom stereocenters. The zero-order valence-corrected chi connectivity index (χ0v) is 28.7. The standard InChI is InChI=1S/C36H46N10O3/c1-5-12-46(36(49)41-25-47)23-29-7-6-13-45(35(29)48)19-16-43-14-17-44(18-15-43)30-9-11-33(38-22-30)42-34-21-32(39-24-40-34)28-8-10-31(26(2)20-28)27(3)37-4/h6-11,13,20-22,24-25,27,37H,5,12,14-19,23H2,1-4H3,(H,41,47,49)(H,38,39,40,42). The second kappa shape index (κ2) is 16.8. The van der Waals surface area contributed by atoms with Gasteiger partial charge < -0.3 is 25.0 Å².